The molecule has 0 aromatic carbocycles. The minimum Gasteiger partial charge on any atom is -0.469 e. The van der Waals surface area contributed by atoms with Crippen LogP contribution in [0.2, 0.25) is 0 Å². The van der Waals surface area contributed by atoms with Crippen molar-refractivity contribution in [1.29, 1.82) is 0 Å². The number of nitrogens with zero attached hydrogens (tertiary/aromatic N) is 1. The van der Waals surface area contributed by atoms with E-state index in [0.29, 0.717) is 6.42 Å². The minimum absolute atomic E-state index is 0.128. The summed E-state index contributed by atoms with van der Waals surface area (Å²) in [6, 6.07) is -0.477. The molecule has 1 atom stereocenters. The SMILES string of the molecule is COC(=O)CC[C@@H]1NC2(CCCCC2)C(=O)N(C)C1=O. The smallest absolute Gasteiger partial charge is 0.305 e. The van der Waals surface area contributed by atoms with Gasteiger partial charge in [0.1, 0.15) is 0 Å². The molecule has 0 bridgehead atoms. The fourth-order valence-electron chi connectivity index (χ4n) is 3.19. The number of ether oxygens (including phenoxy) is 1. The molecule has 1 spiro atoms. The Balaban J connectivity index is 2.10. The molecule has 6 heteroatoms. The number of rotatable bonds is 3. The number of imide groups is 1. The molecule has 1 aliphatic carbocycles. The lowest BCUT2D eigenvalue weighted by Crippen LogP contribution is -2.70. The summed E-state index contributed by atoms with van der Waals surface area (Å²) in [7, 11) is 2.86. The number of carbonyl (C=O) groups is 3. The summed E-state index contributed by atoms with van der Waals surface area (Å²) in [5.74, 6) is -0.719. The molecule has 1 saturated heterocycles. The van der Waals surface area contributed by atoms with Crippen molar-refractivity contribution in [2.75, 3.05) is 14.2 Å². The minimum atomic E-state index is -0.609. The molecule has 2 amide bonds. The predicted octanol–water partition coefficient (Wildman–Crippen LogP) is 0.599. The van der Waals surface area contributed by atoms with E-state index in [-0.39, 0.29) is 24.2 Å². The summed E-state index contributed by atoms with van der Waals surface area (Å²) in [6.07, 6.45) is 5.18. The topological polar surface area (TPSA) is 75.7 Å². The molecular formula is C14H22N2O4. The van der Waals surface area contributed by atoms with E-state index in [1.807, 2.05) is 0 Å². The fourth-order valence-corrected chi connectivity index (χ4v) is 3.19. The van der Waals surface area contributed by atoms with Crippen LogP contribution in [0.5, 0.6) is 0 Å². The number of hydrogen-bond donors (Lipinski definition) is 1. The second-order valence-electron chi connectivity index (χ2n) is 5.66. The van der Waals surface area contributed by atoms with Gasteiger partial charge in [-0.15, -0.1) is 0 Å². The maximum Gasteiger partial charge on any atom is 0.305 e. The molecule has 112 valence electrons. The van der Waals surface area contributed by atoms with E-state index in [1.54, 1.807) is 0 Å². The van der Waals surface area contributed by atoms with Crippen molar-refractivity contribution in [2.24, 2.45) is 0 Å². The van der Waals surface area contributed by atoms with E-state index in [9.17, 15) is 14.4 Å². The van der Waals surface area contributed by atoms with Crippen LogP contribution in [-0.2, 0) is 19.1 Å². The van der Waals surface area contributed by atoms with Gasteiger partial charge in [-0.1, -0.05) is 19.3 Å². The molecule has 6 nitrogen and oxygen atoms in total. The van der Waals surface area contributed by atoms with Gasteiger partial charge < -0.3 is 4.74 Å². The molecule has 0 unspecified atom stereocenters. The normalized spacial score (nSPS) is 25.9. The highest BCUT2D eigenvalue weighted by Crippen LogP contribution is 2.33. The zero-order valence-electron chi connectivity index (χ0n) is 12.1. The zero-order valence-corrected chi connectivity index (χ0v) is 12.1. The van der Waals surface area contributed by atoms with E-state index in [4.69, 9.17) is 0 Å². The van der Waals surface area contributed by atoms with Crippen LogP contribution in [0.15, 0.2) is 0 Å². The molecule has 0 aromatic rings. The molecule has 1 saturated carbocycles. The molecule has 20 heavy (non-hydrogen) atoms. The quantitative estimate of drug-likeness (QED) is 0.606. The summed E-state index contributed by atoms with van der Waals surface area (Å²) in [4.78, 5) is 37.0. The monoisotopic (exact) mass is 282 g/mol. The van der Waals surface area contributed by atoms with Crippen LogP contribution in [0.3, 0.4) is 0 Å². The molecule has 1 N–H and O–H groups in total. The summed E-state index contributed by atoms with van der Waals surface area (Å²) in [5.41, 5.74) is -0.609. The number of amides is 2. The first-order valence-corrected chi connectivity index (χ1v) is 7.17. The predicted molar refractivity (Wildman–Crippen MR) is 71.8 cm³/mol. The first-order chi connectivity index (χ1) is 9.50. The Morgan fingerprint density at radius 1 is 1.35 bits per heavy atom. The van der Waals surface area contributed by atoms with Gasteiger partial charge in [0.2, 0.25) is 11.8 Å². The van der Waals surface area contributed by atoms with Crippen LogP contribution < -0.4 is 5.32 Å². The highest BCUT2D eigenvalue weighted by atomic mass is 16.5. The van der Waals surface area contributed by atoms with Crippen LogP contribution in [0.25, 0.3) is 0 Å². The Labute approximate surface area is 118 Å². The van der Waals surface area contributed by atoms with Gasteiger partial charge in [-0.25, -0.2) is 0 Å². The average molecular weight is 282 g/mol. The summed E-state index contributed by atoms with van der Waals surface area (Å²) >= 11 is 0. The molecular weight excluding hydrogens is 260 g/mol. The van der Waals surface area contributed by atoms with Crippen LogP contribution >= 0.6 is 0 Å². The highest BCUT2D eigenvalue weighted by Gasteiger charge is 2.49. The second kappa shape index (κ2) is 5.91. The van der Waals surface area contributed by atoms with Crippen molar-refractivity contribution in [3.63, 3.8) is 0 Å². The molecule has 2 rings (SSSR count). The lowest BCUT2D eigenvalue weighted by molar-refractivity contribution is -0.156. The van der Waals surface area contributed by atoms with Gasteiger partial charge in [0.15, 0.2) is 0 Å². The number of nitrogens with one attached hydrogen (secondary N) is 1. The third kappa shape index (κ3) is 2.70. The van der Waals surface area contributed by atoms with Gasteiger partial charge in [-0.05, 0) is 19.3 Å². The number of piperazine rings is 1. The van der Waals surface area contributed by atoms with Crippen molar-refractivity contribution >= 4 is 17.8 Å². The van der Waals surface area contributed by atoms with Crippen molar-refractivity contribution in [2.45, 2.75) is 56.5 Å². The molecule has 2 fully saturated rings. The van der Waals surface area contributed by atoms with Crippen molar-refractivity contribution in [3.8, 4) is 0 Å². The molecule has 0 radical (unpaired) electrons. The maximum absolute atomic E-state index is 12.4. The van der Waals surface area contributed by atoms with E-state index in [1.165, 1.54) is 19.1 Å². The van der Waals surface area contributed by atoms with Gasteiger partial charge in [-0.2, -0.15) is 0 Å². The highest BCUT2D eigenvalue weighted by molar-refractivity contribution is 6.04. The van der Waals surface area contributed by atoms with Gasteiger partial charge >= 0.3 is 5.97 Å². The maximum atomic E-state index is 12.4. The third-order valence-electron chi connectivity index (χ3n) is 4.37. The van der Waals surface area contributed by atoms with Crippen LogP contribution in [0.4, 0.5) is 0 Å². The van der Waals surface area contributed by atoms with E-state index >= 15 is 0 Å². The Kier molecular flexibility index (Phi) is 4.42. The summed E-state index contributed by atoms with van der Waals surface area (Å²) in [6.45, 7) is 0. The van der Waals surface area contributed by atoms with E-state index in [2.05, 4.69) is 10.1 Å². The number of methoxy groups -OCH3 is 1. The first-order valence-electron chi connectivity index (χ1n) is 7.17. The third-order valence-corrected chi connectivity index (χ3v) is 4.37. The Bertz CT molecular complexity index is 415. The van der Waals surface area contributed by atoms with E-state index < -0.39 is 11.6 Å². The molecule has 2 aliphatic rings. The van der Waals surface area contributed by atoms with Gasteiger partial charge in [0, 0.05) is 13.5 Å². The standard InChI is InChI=1S/C14H22N2O4/c1-16-12(18)10(6-7-11(17)20-2)15-14(13(16)19)8-4-3-5-9-14/h10,15H,3-9H2,1-2H3/t10-/m0/s1. The van der Waals surface area contributed by atoms with E-state index in [0.717, 1.165) is 32.1 Å². The molecule has 1 aliphatic heterocycles. The van der Waals surface area contributed by atoms with Crippen LogP contribution in [-0.4, -0.2) is 48.4 Å². The Morgan fingerprint density at radius 2 is 2.00 bits per heavy atom. The van der Waals surface area contributed by atoms with Gasteiger partial charge in [-0.3, -0.25) is 24.6 Å². The zero-order chi connectivity index (χ0) is 14.8. The number of hydrogen-bond acceptors (Lipinski definition) is 5. The lowest BCUT2D eigenvalue weighted by atomic mass is 9.78. The Hall–Kier alpha value is -1.43. The Morgan fingerprint density at radius 3 is 2.60 bits per heavy atom. The largest absolute Gasteiger partial charge is 0.469 e. The van der Waals surface area contributed by atoms with Crippen molar-refractivity contribution < 1.29 is 19.1 Å². The van der Waals surface area contributed by atoms with Gasteiger partial charge in [0.05, 0.1) is 18.7 Å². The van der Waals surface area contributed by atoms with Crippen LogP contribution in [0, 0.1) is 0 Å². The summed E-state index contributed by atoms with van der Waals surface area (Å²) < 4.78 is 4.60. The fraction of sp³-hybridized carbons (Fsp3) is 0.786. The first kappa shape index (κ1) is 15.0. The average Bonchev–Trinajstić information content (AvgIpc) is 2.48. The molecule has 0 aromatic heterocycles. The number of esters is 1. The van der Waals surface area contributed by atoms with Crippen molar-refractivity contribution in [1.82, 2.24) is 10.2 Å². The van der Waals surface area contributed by atoms with Crippen LogP contribution in [0.1, 0.15) is 44.9 Å². The summed E-state index contributed by atoms with van der Waals surface area (Å²) in [5, 5.41) is 3.23. The second-order valence-corrected chi connectivity index (χ2v) is 5.66. The number of likely N-dealkylation sites (N-methyl/N-ethyl adjacent to an activating group) is 1. The number of carbonyl (C=O) groups excluding carboxylic acids is 3. The molecule has 1 heterocycles. The van der Waals surface area contributed by atoms with Gasteiger partial charge in [0.25, 0.3) is 0 Å². The lowest BCUT2D eigenvalue weighted by Gasteiger charge is -2.45. The van der Waals surface area contributed by atoms with Crippen molar-refractivity contribution in [3.05, 3.63) is 0 Å².